The van der Waals surface area contributed by atoms with Crippen molar-refractivity contribution in [2.24, 2.45) is 0 Å². The molecule has 0 spiro atoms. The lowest BCUT2D eigenvalue weighted by Crippen LogP contribution is -2.53. The van der Waals surface area contributed by atoms with Crippen LogP contribution in [-0.2, 0) is 15.9 Å². The van der Waals surface area contributed by atoms with E-state index in [1.165, 1.54) is 5.56 Å². The van der Waals surface area contributed by atoms with Crippen molar-refractivity contribution in [3.63, 3.8) is 0 Å². The summed E-state index contributed by atoms with van der Waals surface area (Å²) < 4.78 is 10.9. The lowest BCUT2D eigenvalue weighted by molar-refractivity contribution is 0.0210. The fourth-order valence-corrected chi connectivity index (χ4v) is 2.74. The smallest absolute Gasteiger partial charge is 0.424 e. The van der Waals surface area contributed by atoms with Crippen molar-refractivity contribution in [2.45, 2.75) is 51.8 Å². The van der Waals surface area contributed by atoms with Crippen LogP contribution in [0.15, 0.2) is 30.3 Å². The highest BCUT2D eigenvalue weighted by atomic mass is 16.6. The van der Waals surface area contributed by atoms with Crippen molar-refractivity contribution in [3.8, 4) is 0 Å². The normalized spacial score (nSPS) is 20.8. The Balaban J connectivity index is 2.01. The van der Waals surface area contributed by atoms with Crippen LogP contribution in [0.2, 0.25) is 0 Å². The number of hydrazine groups is 1. The number of carbonyl (C=O) groups excluding carboxylic acids is 1. The topological polar surface area (TPSA) is 50.8 Å². The molecule has 22 heavy (non-hydrogen) atoms. The third kappa shape index (κ3) is 4.21. The first-order valence-corrected chi connectivity index (χ1v) is 8.03. The second-order valence-electron chi connectivity index (χ2n) is 5.59. The van der Waals surface area contributed by atoms with Gasteiger partial charge in [-0.1, -0.05) is 37.3 Å². The van der Waals surface area contributed by atoms with Crippen LogP contribution in [0.5, 0.6) is 0 Å². The van der Waals surface area contributed by atoms with Gasteiger partial charge >= 0.3 is 6.09 Å². The molecule has 1 aromatic carbocycles. The molecule has 1 aromatic rings. The van der Waals surface area contributed by atoms with Crippen LogP contribution in [0, 0.1) is 0 Å². The Morgan fingerprint density at radius 1 is 1.36 bits per heavy atom. The van der Waals surface area contributed by atoms with E-state index in [1.807, 2.05) is 32.0 Å². The number of hydrogen-bond donors (Lipinski definition) is 1. The molecule has 0 aliphatic carbocycles. The van der Waals surface area contributed by atoms with Gasteiger partial charge in [-0.2, -0.15) is 0 Å². The van der Waals surface area contributed by atoms with Gasteiger partial charge < -0.3 is 9.47 Å². The summed E-state index contributed by atoms with van der Waals surface area (Å²) in [7, 11) is 0. The zero-order valence-electron chi connectivity index (χ0n) is 13.6. The predicted molar refractivity (Wildman–Crippen MR) is 85.4 cm³/mol. The number of nitrogens with one attached hydrogen (secondary N) is 1. The van der Waals surface area contributed by atoms with E-state index in [0.717, 1.165) is 12.8 Å². The molecule has 5 heteroatoms. The van der Waals surface area contributed by atoms with Gasteiger partial charge in [0.15, 0.2) is 0 Å². The summed E-state index contributed by atoms with van der Waals surface area (Å²) in [5.41, 5.74) is 4.50. The maximum absolute atomic E-state index is 12.0. The summed E-state index contributed by atoms with van der Waals surface area (Å²) in [5.74, 6) is 0. The highest BCUT2D eigenvalue weighted by Gasteiger charge is 2.35. The Labute approximate surface area is 132 Å². The van der Waals surface area contributed by atoms with Gasteiger partial charge in [0.1, 0.15) is 6.61 Å². The first-order chi connectivity index (χ1) is 10.7. The van der Waals surface area contributed by atoms with Gasteiger partial charge in [-0.3, -0.25) is 0 Å². The molecule has 1 heterocycles. The Morgan fingerprint density at radius 2 is 2.09 bits per heavy atom. The van der Waals surface area contributed by atoms with Gasteiger partial charge in [0, 0.05) is 6.61 Å². The molecule has 1 fully saturated rings. The number of benzene rings is 1. The minimum atomic E-state index is -0.303. The molecule has 3 atom stereocenters. The van der Waals surface area contributed by atoms with E-state index in [1.54, 1.807) is 5.01 Å². The third-order valence-electron chi connectivity index (χ3n) is 4.02. The Morgan fingerprint density at radius 3 is 2.73 bits per heavy atom. The summed E-state index contributed by atoms with van der Waals surface area (Å²) in [6.07, 6.45) is 1.39. The summed E-state index contributed by atoms with van der Waals surface area (Å²) in [4.78, 5) is 12.0. The number of nitrogens with zero attached hydrogens (tertiary/aromatic N) is 1. The van der Waals surface area contributed by atoms with Crippen LogP contribution >= 0.6 is 0 Å². The van der Waals surface area contributed by atoms with Gasteiger partial charge in [0.25, 0.3) is 0 Å². The van der Waals surface area contributed by atoms with Crippen LogP contribution in [0.1, 0.15) is 32.8 Å². The number of amides is 1. The molecule has 1 amide bonds. The Kier molecular flexibility index (Phi) is 6.21. The first kappa shape index (κ1) is 16.8. The van der Waals surface area contributed by atoms with Crippen LogP contribution in [-0.4, -0.2) is 42.5 Å². The Bertz CT molecular complexity index is 466. The average molecular weight is 306 g/mol. The number of carbonyl (C=O) groups is 1. The van der Waals surface area contributed by atoms with E-state index in [4.69, 9.17) is 9.47 Å². The van der Waals surface area contributed by atoms with Crippen LogP contribution in [0.4, 0.5) is 4.79 Å². The van der Waals surface area contributed by atoms with Gasteiger partial charge in [0.2, 0.25) is 0 Å². The summed E-state index contributed by atoms with van der Waals surface area (Å²) >= 11 is 0. The average Bonchev–Trinajstić information content (AvgIpc) is 2.86. The molecule has 5 nitrogen and oxygen atoms in total. The van der Waals surface area contributed by atoms with E-state index >= 15 is 0 Å². The molecule has 2 rings (SSSR count). The van der Waals surface area contributed by atoms with Crippen molar-refractivity contribution in [3.05, 3.63) is 35.9 Å². The molecular formula is C17H26N2O3. The van der Waals surface area contributed by atoms with Crippen LogP contribution in [0.3, 0.4) is 0 Å². The molecular weight excluding hydrogens is 280 g/mol. The number of hydrogen-bond acceptors (Lipinski definition) is 4. The van der Waals surface area contributed by atoms with Crippen molar-refractivity contribution in [1.82, 2.24) is 10.4 Å². The number of ether oxygens (including phenoxy) is 2. The van der Waals surface area contributed by atoms with E-state index < -0.39 is 0 Å². The van der Waals surface area contributed by atoms with Crippen molar-refractivity contribution in [1.29, 1.82) is 0 Å². The van der Waals surface area contributed by atoms with Gasteiger partial charge in [-0.15, -0.1) is 0 Å². The number of rotatable bonds is 8. The summed E-state index contributed by atoms with van der Waals surface area (Å²) in [6.45, 7) is 7.17. The lowest BCUT2D eigenvalue weighted by Gasteiger charge is -2.30. The highest BCUT2D eigenvalue weighted by Crippen LogP contribution is 2.17. The zero-order chi connectivity index (χ0) is 15.9. The SMILES string of the molecule is CCOC(C)[C@@H](CC)NN1C(=O)OC[C@@H]1Cc1ccccc1. The monoisotopic (exact) mass is 306 g/mol. The molecule has 1 unspecified atom stereocenters. The van der Waals surface area contributed by atoms with Gasteiger partial charge in [-0.25, -0.2) is 15.2 Å². The minimum absolute atomic E-state index is 0.0118. The Hall–Kier alpha value is -1.59. The molecule has 1 aliphatic heterocycles. The fraction of sp³-hybridized carbons (Fsp3) is 0.588. The van der Waals surface area contributed by atoms with Crippen LogP contribution < -0.4 is 5.43 Å². The van der Waals surface area contributed by atoms with Gasteiger partial charge in [0.05, 0.1) is 18.2 Å². The zero-order valence-corrected chi connectivity index (χ0v) is 13.6. The molecule has 0 saturated carbocycles. The summed E-state index contributed by atoms with van der Waals surface area (Å²) in [5, 5.41) is 1.64. The van der Waals surface area contributed by atoms with Crippen molar-refractivity contribution >= 4 is 6.09 Å². The maximum atomic E-state index is 12.0. The van der Waals surface area contributed by atoms with E-state index in [2.05, 4.69) is 24.5 Å². The quantitative estimate of drug-likeness (QED) is 0.802. The molecule has 1 saturated heterocycles. The maximum Gasteiger partial charge on any atom is 0.424 e. The lowest BCUT2D eigenvalue weighted by atomic mass is 10.1. The predicted octanol–water partition coefficient (Wildman–Crippen LogP) is 2.76. The van der Waals surface area contributed by atoms with Crippen molar-refractivity contribution in [2.75, 3.05) is 13.2 Å². The van der Waals surface area contributed by atoms with E-state index in [9.17, 15) is 4.79 Å². The standard InChI is InChI=1S/C17H26N2O3/c1-4-16(13(3)21-5-2)18-19-15(12-22-17(19)20)11-14-9-7-6-8-10-14/h6-10,13,15-16,18H,4-5,11-12H2,1-3H3/t13?,15-,16+/m0/s1. The third-order valence-corrected chi connectivity index (χ3v) is 4.02. The first-order valence-electron chi connectivity index (χ1n) is 8.03. The van der Waals surface area contributed by atoms with Gasteiger partial charge in [-0.05, 0) is 32.3 Å². The summed E-state index contributed by atoms with van der Waals surface area (Å²) in [6, 6.07) is 10.3. The highest BCUT2D eigenvalue weighted by molar-refractivity contribution is 5.69. The van der Waals surface area contributed by atoms with Crippen LogP contribution in [0.25, 0.3) is 0 Å². The van der Waals surface area contributed by atoms with E-state index in [-0.39, 0.29) is 24.3 Å². The second-order valence-corrected chi connectivity index (χ2v) is 5.59. The number of cyclic esters (lactones) is 1. The second kappa shape index (κ2) is 8.15. The van der Waals surface area contributed by atoms with Crippen molar-refractivity contribution < 1.29 is 14.3 Å². The molecule has 0 bridgehead atoms. The molecule has 122 valence electrons. The molecule has 0 aromatic heterocycles. The fourth-order valence-electron chi connectivity index (χ4n) is 2.74. The van der Waals surface area contributed by atoms with E-state index in [0.29, 0.717) is 13.2 Å². The molecule has 0 radical (unpaired) electrons. The largest absolute Gasteiger partial charge is 0.446 e. The molecule has 1 aliphatic rings. The minimum Gasteiger partial charge on any atom is -0.446 e. The molecule has 1 N–H and O–H groups in total.